The smallest absolute Gasteiger partial charge is 0.399 e. The number of ether oxygens (including phenoxy) is 2. The molecule has 1 fully saturated rings. The number of hydrogen-bond donors (Lipinski definition) is 0. The molecule has 1 aromatic heterocycles. The van der Waals surface area contributed by atoms with E-state index in [0.717, 1.165) is 5.46 Å². The van der Waals surface area contributed by atoms with Crippen LogP contribution in [-0.2, 0) is 24.6 Å². The second-order valence-electron chi connectivity index (χ2n) is 6.84. The van der Waals surface area contributed by atoms with Crippen molar-refractivity contribution >= 4 is 12.6 Å². The van der Waals surface area contributed by atoms with Gasteiger partial charge in [-0.15, -0.1) is 0 Å². The van der Waals surface area contributed by atoms with E-state index in [-0.39, 0.29) is 0 Å². The first-order chi connectivity index (χ1) is 10.7. The first-order valence-corrected chi connectivity index (χ1v) is 8.26. The molecule has 1 aliphatic rings. The fraction of sp³-hybridized carbons (Fsp3) is 0.706. The highest BCUT2D eigenvalue weighted by atomic mass is 16.7. The van der Waals surface area contributed by atoms with Crippen LogP contribution in [0.25, 0.3) is 0 Å². The van der Waals surface area contributed by atoms with E-state index in [2.05, 4.69) is 4.98 Å². The Morgan fingerprint density at radius 3 is 2.09 bits per heavy atom. The minimum atomic E-state index is -0.927. The molecule has 0 spiro atoms. The highest BCUT2D eigenvalue weighted by Gasteiger charge is 2.53. The van der Waals surface area contributed by atoms with Gasteiger partial charge in [0.2, 0.25) is 5.79 Å². The maximum absolute atomic E-state index is 6.17. The molecule has 0 saturated carbocycles. The third-order valence-electron chi connectivity index (χ3n) is 4.62. The molecule has 5 nitrogen and oxygen atoms in total. The molecular formula is C17H28BNO4. The molecular weight excluding hydrogens is 293 g/mol. The van der Waals surface area contributed by atoms with Crippen molar-refractivity contribution < 1.29 is 18.8 Å². The zero-order valence-corrected chi connectivity index (χ0v) is 15.3. The molecule has 23 heavy (non-hydrogen) atoms. The number of nitrogens with zero attached hydrogens (tertiary/aromatic N) is 1. The maximum Gasteiger partial charge on any atom is 0.496 e. The summed E-state index contributed by atoms with van der Waals surface area (Å²) in [7, 11) is -0.496. The predicted octanol–water partition coefficient (Wildman–Crippen LogP) is 2.63. The Morgan fingerprint density at radius 2 is 1.61 bits per heavy atom. The lowest BCUT2D eigenvalue weighted by Gasteiger charge is -2.32. The summed E-state index contributed by atoms with van der Waals surface area (Å²) in [5, 5.41) is 0. The molecule has 2 rings (SSSR count). The minimum absolute atomic E-state index is 0.404. The molecule has 0 amide bonds. The van der Waals surface area contributed by atoms with Crippen LogP contribution in [0.15, 0.2) is 18.3 Å². The van der Waals surface area contributed by atoms with Crippen LogP contribution >= 0.6 is 0 Å². The number of hydrogen-bond acceptors (Lipinski definition) is 5. The van der Waals surface area contributed by atoms with Gasteiger partial charge >= 0.3 is 7.12 Å². The van der Waals surface area contributed by atoms with Crippen LogP contribution < -0.4 is 5.46 Å². The second kappa shape index (κ2) is 6.51. The van der Waals surface area contributed by atoms with Crippen molar-refractivity contribution in [2.24, 2.45) is 0 Å². The van der Waals surface area contributed by atoms with Crippen LogP contribution in [0.3, 0.4) is 0 Å². The number of pyridine rings is 1. The zero-order chi connectivity index (χ0) is 17.3. The predicted molar refractivity (Wildman–Crippen MR) is 90.6 cm³/mol. The van der Waals surface area contributed by atoms with Crippen LogP contribution in [0.2, 0.25) is 0 Å². The van der Waals surface area contributed by atoms with Crippen LogP contribution in [-0.4, -0.2) is 36.5 Å². The molecule has 6 heteroatoms. The third kappa shape index (κ3) is 3.45. The quantitative estimate of drug-likeness (QED) is 0.595. The molecule has 0 bridgehead atoms. The number of rotatable bonds is 6. The van der Waals surface area contributed by atoms with Gasteiger partial charge in [0.05, 0.1) is 16.9 Å². The molecule has 0 aromatic carbocycles. The van der Waals surface area contributed by atoms with Crippen LogP contribution in [0.4, 0.5) is 0 Å². The topological polar surface area (TPSA) is 49.8 Å². The fourth-order valence-electron chi connectivity index (χ4n) is 2.69. The third-order valence-corrected chi connectivity index (χ3v) is 4.62. The molecule has 0 aliphatic carbocycles. The molecule has 0 radical (unpaired) electrons. The van der Waals surface area contributed by atoms with Crippen molar-refractivity contribution in [1.82, 2.24) is 4.98 Å². The summed E-state index contributed by atoms with van der Waals surface area (Å²) < 4.78 is 24.1. The SMILES string of the molecule is CCOC(C)(OCC)c1ncccc1B1OC(C)(C)C(C)(C)O1. The normalized spacial score (nSPS) is 20.0. The summed E-state index contributed by atoms with van der Waals surface area (Å²) in [6, 6.07) is 3.84. The molecule has 0 atom stereocenters. The average molecular weight is 321 g/mol. The lowest BCUT2D eigenvalue weighted by Crippen LogP contribution is -2.44. The highest BCUT2D eigenvalue weighted by molar-refractivity contribution is 6.62. The van der Waals surface area contributed by atoms with Gasteiger partial charge in [0.25, 0.3) is 0 Å². The van der Waals surface area contributed by atoms with Gasteiger partial charge in [0.1, 0.15) is 0 Å². The molecule has 0 unspecified atom stereocenters. The van der Waals surface area contributed by atoms with Crippen molar-refractivity contribution in [3.05, 3.63) is 24.0 Å². The first-order valence-electron chi connectivity index (χ1n) is 8.26. The van der Waals surface area contributed by atoms with Gasteiger partial charge in [0.15, 0.2) is 0 Å². The highest BCUT2D eigenvalue weighted by Crippen LogP contribution is 2.37. The Bertz CT molecular complexity index is 525. The van der Waals surface area contributed by atoms with Gasteiger partial charge in [-0.3, -0.25) is 4.98 Å². The van der Waals surface area contributed by atoms with Crippen molar-refractivity contribution in [2.75, 3.05) is 13.2 Å². The maximum atomic E-state index is 6.17. The van der Waals surface area contributed by atoms with Gasteiger partial charge in [0, 0.05) is 24.9 Å². The monoisotopic (exact) mass is 321 g/mol. The van der Waals surface area contributed by atoms with Gasteiger partial charge in [-0.1, -0.05) is 6.07 Å². The number of aromatic nitrogens is 1. The minimum Gasteiger partial charge on any atom is -0.399 e. The van der Waals surface area contributed by atoms with E-state index in [1.165, 1.54) is 0 Å². The van der Waals surface area contributed by atoms with E-state index in [9.17, 15) is 0 Å². The van der Waals surface area contributed by atoms with E-state index in [1.54, 1.807) is 6.20 Å². The molecule has 1 aliphatic heterocycles. The molecule has 1 saturated heterocycles. The largest absolute Gasteiger partial charge is 0.496 e. The van der Waals surface area contributed by atoms with E-state index in [4.69, 9.17) is 18.8 Å². The van der Waals surface area contributed by atoms with E-state index in [1.807, 2.05) is 60.6 Å². The molecule has 0 N–H and O–H groups in total. The summed E-state index contributed by atoms with van der Waals surface area (Å²) in [5.74, 6) is -0.927. The lowest BCUT2D eigenvalue weighted by atomic mass is 9.76. The van der Waals surface area contributed by atoms with Crippen molar-refractivity contribution in [3.8, 4) is 0 Å². The van der Waals surface area contributed by atoms with Crippen LogP contribution in [0.5, 0.6) is 0 Å². The Kier molecular flexibility index (Phi) is 5.21. The van der Waals surface area contributed by atoms with Crippen molar-refractivity contribution in [1.29, 1.82) is 0 Å². The summed E-state index contributed by atoms with van der Waals surface area (Å²) in [6.45, 7) is 15.0. The summed E-state index contributed by atoms with van der Waals surface area (Å²) in [5.41, 5.74) is 0.731. The lowest BCUT2D eigenvalue weighted by molar-refractivity contribution is -0.231. The van der Waals surface area contributed by atoms with E-state index in [0.29, 0.717) is 18.9 Å². The molecule has 2 heterocycles. The Labute approximate surface area is 139 Å². The Morgan fingerprint density at radius 1 is 1.09 bits per heavy atom. The second-order valence-corrected chi connectivity index (χ2v) is 6.84. The van der Waals surface area contributed by atoms with E-state index >= 15 is 0 Å². The standard InChI is InChI=1S/C17H28BNO4/c1-8-20-17(7,21-9-2)14-13(11-10-12-19-14)18-22-15(3,4)16(5,6)23-18/h10-12H,8-9H2,1-7H3. The first kappa shape index (κ1) is 18.4. The van der Waals surface area contributed by atoms with Gasteiger partial charge in [-0.05, 0) is 54.5 Å². The zero-order valence-electron chi connectivity index (χ0n) is 15.3. The van der Waals surface area contributed by atoms with Crippen molar-refractivity contribution in [2.45, 2.75) is 65.5 Å². The van der Waals surface area contributed by atoms with Crippen LogP contribution in [0, 0.1) is 0 Å². The van der Waals surface area contributed by atoms with Crippen LogP contribution in [0.1, 0.15) is 54.2 Å². The summed E-state index contributed by atoms with van der Waals surface area (Å²) in [6.07, 6.45) is 1.74. The fourth-order valence-corrected chi connectivity index (χ4v) is 2.69. The van der Waals surface area contributed by atoms with Gasteiger partial charge < -0.3 is 18.8 Å². The van der Waals surface area contributed by atoms with Gasteiger partial charge in [-0.25, -0.2) is 0 Å². The van der Waals surface area contributed by atoms with E-state index < -0.39 is 24.1 Å². The van der Waals surface area contributed by atoms with Gasteiger partial charge in [-0.2, -0.15) is 0 Å². The molecule has 128 valence electrons. The molecule has 1 aromatic rings. The summed E-state index contributed by atoms with van der Waals surface area (Å²) in [4.78, 5) is 4.52. The Hall–Kier alpha value is -0.945. The summed E-state index contributed by atoms with van der Waals surface area (Å²) >= 11 is 0. The Balaban J connectivity index is 2.42. The average Bonchev–Trinajstić information content (AvgIpc) is 2.68. The van der Waals surface area contributed by atoms with Crippen molar-refractivity contribution in [3.63, 3.8) is 0 Å².